The van der Waals surface area contributed by atoms with Gasteiger partial charge in [0.25, 0.3) is 0 Å². The van der Waals surface area contributed by atoms with Gasteiger partial charge in [0, 0.05) is 32.0 Å². The molecule has 1 heterocycles. The number of nitrogen functional groups attached to an aromatic ring is 1. The number of aromatic carboxylic acids is 1. The van der Waals surface area contributed by atoms with E-state index in [-0.39, 0.29) is 5.56 Å². The molecule has 1 aromatic heterocycles. The number of aryl methyl sites for hydroxylation is 1. The monoisotopic (exact) mass is 288 g/mol. The van der Waals surface area contributed by atoms with E-state index in [0.717, 1.165) is 31.7 Å². The maximum absolute atomic E-state index is 10.9. The molecular weight excluding hydrogens is 268 g/mol. The van der Waals surface area contributed by atoms with Gasteiger partial charge in [-0.15, -0.1) is 0 Å². The maximum Gasteiger partial charge on any atom is 0.335 e. The second kappa shape index (κ2) is 6.78. The van der Waals surface area contributed by atoms with E-state index in [1.54, 1.807) is 24.7 Å². The maximum atomic E-state index is 10.9. The standard InChI is InChI=1S/C15H20N4O2/c1-2-19(8-3-7-18-9-6-17-11-18)14-5-4-12(15(20)21)10-13(14)16/h4-6,9-11H,2-3,7-8,16H2,1H3,(H,20,21). The van der Waals surface area contributed by atoms with Gasteiger partial charge in [-0.1, -0.05) is 0 Å². The Morgan fingerprint density at radius 3 is 2.86 bits per heavy atom. The van der Waals surface area contributed by atoms with Crippen molar-refractivity contribution in [2.45, 2.75) is 19.9 Å². The minimum atomic E-state index is -0.962. The Morgan fingerprint density at radius 2 is 2.29 bits per heavy atom. The van der Waals surface area contributed by atoms with Gasteiger partial charge in [-0.25, -0.2) is 9.78 Å². The van der Waals surface area contributed by atoms with Crippen molar-refractivity contribution in [3.05, 3.63) is 42.5 Å². The van der Waals surface area contributed by atoms with Crippen molar-refractivity contribution in [1.29, 1.82) is 0 Å². The molecule has 0 unspecified atom stereocenters. The number of hydrogen-bond acceptors (Lipinski definition) is 4. The normalized spacial score (nSPS) is 10.5. The zero-order chi connectivity index (χ0) is 15.2. The van der Waals surface area contributed by atoms with Gasteiger partial charge in [-0.2, -0.15) is 0 Å². The highest BCUT2D eigenvalue weighted by Crippen LogP contribution is 2.24. The molecule has 112 valence electrons. The van der Waals surface area contributed by atoms with Crippen molar-refractivity contribution >= 4 is 17.3 Å². The van der Waals surface area contributed by atoms with E-state index in [0.29, 0.717) is 5.69 Å². The van der Waals surface area contributed by atoms with Gasteiger partial charge in [0.15, 0.2) is 0 Å². The highest BCUT2D eigenvalue weighted by atomic mass is 16.4. The molecule has 0 saturated carbocycles. The molecule has 0 saturated heterocycles. The van der Waals surface area contributed by atoms with Crippen LogP contribution in [0.1, 0.15) is 23.7 Å². The molecule has 0 aliphatic carbocycles. The van der Waals surface area contributed by atoms with Crippen LogP contribution in [0, 0.1) is 0 Å². The summed E-state index contributed by atoms with van der Waals surface area (Å²) >= 11 is 0. The molecule has 2 rings (SSSR count). The van der Waals surface area contributed by atoms with Crippen LogP contribution in [0.3, 0.4) is 0 Å². The van der Waals surface area contributed by atoms with Crippen molar-refractivity contribution in [3.63, 3.8) is 0 Å². The zero-order valence-electron chi connectivity index (χ0n) is 12.1. The molecule has 3 N–H and O–H groups in total. The van der Waals surface area contributed by atoms with Crippen molar-refractivity contribution in [2.24, 2.45) is 0 Å². The Hall–Kier alpha value is -2.50. The first-order valence-electron chi connectivity index (χ1n) is 6.95. The molecule has 0 amide bonds. The third kappa shape index (κ3) is 3.75. The highest BCUT2D eigenvalue weighted by Gasteiger charge is 2.11. The number of benzene rings is 1. The molecule has 0 radical (unpaired) electrons. The first-order valence-corrected chi connectivity index (χ1v) is 6.95. The third-order valence-electron chi connectivity index (χ3n) is 3.40. The lowest BCUT2D eigenvalue weighted by Crippen LogP contribution is -2.25. The molecular formula is C15H20N4O2. The number of rotatable bonds is 7. The van der Waals surface area contributed by atoms with Crippen LogP contribution in [0.2, 0.25) is 0 Å². The molecule has 0 spiro atoms. The SMILES string of the molecule is CCN(CCCn1ccnc1)c1ccc(C(=O)O)cc1N. The Balaban J connectivity index is 2.01. The second-order valence-corrected chi connectivity index (χ2v) is 4.81. The summed E-state index contributed by atoms with van der Waals surface area (Å²) in [6, 6.07) is 4.88. The molecule has 0 aliphatic rings. The van der Waals surface area contributed by atoms with Gasteiger partial charge in [0.1, 0.15) is 0 Å². The molecule has 2 aromatic rings. The smallest absolute Gasteiger partial charge is 0.335 e. The largest absolute Gasteiger partial charge is 0.478 e. The van der Waals surface area contributed by atoms with Crippen LogP contribution in [0.25, 0.3) is 0 Å². The Bertz CT molecular complexity index is 596. The van der Waals surface area contributed by atoms with Gasteiger partial charge in [0.2, 0.25) is 0 Å². The van der Waals surface area contributed by atoms with Crippen molar-refractivity contribution in [2.75, 3.05) is 23.7 Å². The van der Waals surface area contributed by atoms with Crippen LogP contribution >= 0.6 is 0 Å². The van der Waals surface area contributed by atoms with E-state index in [9.17, 15) is 4.79 Å². The fourth-order valence-electron chi connectivity index (χ4n) is 2.29. The predicted molar refractivity (Wildman–Crippen MR) is 82.5 cm³/mol. The summed E-state index contributed by atoms with van der Waals surface area (Å²) in [7, 11) is 0. The first kappa shape index (κ1) is 14.9. The molecule has 0 aliphatic heterocycles. The fourth-order valence-corrected chi connectivity index (χ4v) is 2.29. The van der Waals surface area contributed by atoms with E-state index in [2.05, 4.69) is 16.8 Å². The van der Waals surface area contributed by atoms with Gasteiger partial charge in [0.05, 0.1) is 23.3 Å². The molecule has 0 atom stereocenters. The molecule has 6 heteroatoms. The summed E-state index contributed by atoms with van der Waals surface area (Å²) in [6.45, 7) is 4.62. The lowest BCUT2D eigenvalue weighted by atomic mass is 10.1. The van der Waals surface area contributed by atoms with Gasteiger partial charge < -0.3 is 20.3 Å². The number of carbonyl (C=O) groups is 1. The summed E-state index contributed by atoms with van der Waals surface area (Å²) in [6.07, 6.45) is 6.46. The van der Waals surface area contributed by atoms with Crippen LogP contribution < -0.4 is 10.6 Å². The van der Waals surface area contributed by atoms with Crippen molar-refractivity contribution in [3.8, 4) is 0 Å². The van der Waals surface area contributed by atoms with Crippen LogP contribution in [-0.4, -0.2) is 33.7 Å². The molecule has 21 heavy (non-hydrogen) atoms. The lowest BCUT2D eigenvalue weighted by Gasteiger charge is -2.25. The van der Waals surface area contributed by atoms with Gasteiger partial charge in [-0.05, 0) is 31.5 Å². The number of hydrogen-bond donors (Lipinski definition) is 2. The van der Waals surface area contributed by atoms with Crippen LogP contribution in [-0.2, 0) is 6.54 Å². The molecule has 6 nitrogen and oxygen atoms in total. The number of carboxylic acids is 1. The van der Waals surface area contributed by atoms with E-state index in [1.165, 1.54) is 6.07 Å². The Labute approximate surface area is 123 Å². The first-order chi connectivity index (χ1) is 10.1. The van der Waals surface area contributed by atoms with Crippen LogP contribution in [0.15, 0.2) is 36.9 Å². The fraction of sp³-hybridized carbons (Fsp3) is 0.333. The number of imidazole rings is 1. The Kier molecular flexibility index (Phi) is 4.81. The average molecular weight is 288 g/mol. The molecule has 0 fully saturated rings. The second-order valence-electron chi connectivity index (χ2n) is 4.81. The number of aromatic nitrogens is 2. The Morgan fingerprint density at radius 1 is 1.48 bits per heavy atom. The quantitative estimate of drug-likeness (QED) is 0.762. The summed E-state index contributed by atoms with van der Waals surface area (Å²) in [5.41, 5.74) is 7.58. The topological polar surface area (TPSA) is 84.4 Å². The van der Waals surface area contributed by atoms with E-state index in [4.69, 9.17) is 10.8 Å². The van der Waals surface area contributed by atoms with Crippen molar-refractivity contribution in [1.82, 2.24) is 9.55 Å². The van der Waals surface area contributed by atoms with Crippen molar-refractivity contribution < 1.29 is 9.90 Å². The molecule has 0 bridgehead atoms. The third-order valence-corrected chi connectivity index (χ3v) is 3.40. The average Bonchev–Trinajstić information content (AvgIpc) is 2.97. The number of nitrogens with zero attached hydrogens (tertiary/aromatic N) is 3. The van der Waals surface area contributed by atoms with E-state index < -0.39 is 5.97 Å². The predicted octanol–water partition coefficient (Wildman–Crippen LogP) is 2.08. The number of carboxylic acid groups (broad SMARTS) is 1. The van der Waals surface area contributed by atoms with Gasteiger partial charge >= 0.3 is 5.97 Å². The minimum absolute atomic E-state index is 0.214. The summed E-state index contributed by atoms with van der Waals surface area (Å²) in [5.74, 6) is -0.962. The summed E-state index contributed by atoms with van der Waals surface area (Å²) < 4.78 is 2.03. The summed E-state index contributed by atoms with van der Waals surface area (Å²) in [4.78, 5) is 17.1. The van der Waals surface area contributed by atoms with Gasteiger partial charge in [-0.3, -0.25) is 0 Å². The zero-order valence-corrected chi connectivity index (χ0v) is 12.1. The van der Waals surface area contributed by atoms with E-state index >= 15 is 0 Å². The van der Waals surface area contributed by atoms with Crippen LogP contribution in [0.5, 0.6) is 0 Å². The molecule has 1 aromatic carbocycles. The lowest BCUT2D eigenvalue weighted by molar-refractivity contribution is 0.0697. The van der Waals surface area contributed by atoms with E-state index in [1.807, 2.05) is 10.8 Å². The summed E-state index contributed by atoms with van der Waals surface area (Å²) in [5, 5.41) is 8.97. The minimum Gasteiger partial charge on any atom is -0.478 e. The van der Waals surface area contributed by atoms with Crippen LogP contribution in [0.4, 0.5) is 11.4 Å². The number of nitrogens with two attached hydrogens (primary N) is 1. The highest BCUT2D eigenvalue weighted by molar-refractivity contribution is 5.90. The number of anilines is 2.